The third kappa shape index (κ3) is 3.78. The zero-order valence-electron chi connectivity index (χ0n) is 19.9. The SMILES string of the molecule is COc1ccc(Cl)c(/C(O)=C2\C(=O)C(=O)N(c3ccc(N(C)C)cc3)C2c2c[nH]c3ccccc23)c1. The number of aromatic amines is 1. The number of aliphatic hydroxyl groups is 1. The lowest BCUT2D eigenvalue weighted by Crippen LogP contribution is -2.29. The van der Waals surface area contributed by atoms with E-state index in [1.807, 2.05) is 55.4 Å². The molecule has 0 spiro atoms. The third-order valence-corrected chi connectivity index (χ3v) is 6.76. The lowest BCUT2D eigenvalue weighted by molar-refractivity contribution is -0.132. The number of fused-ring (bicyclic) bond motifs is 1. The average Bonchev–Trinajstić information content (AvgIpc) is 3.42. The van der Waals surface area contributed by atoms with Crippen LogP contribution < -0.4 is 14.5 Å². The van der Waals surface area contributed by atoms with E-state index >= 15 is 0 Å². The topological polar surface area (TPSA) is 85.9 Å². The maximum atomic E-state index is 13.5. The van der Waals surface area contributed by atoms with Crippen LogP contribution in [0.15, 0.2) is 78.5 Å². The number of H-pyrrole nitrogens is 1. The molecule has 4 aromatic rings. The molecule has 1 amide bonds. The van der Waals surface area contributed by atoms with Gasteiger partial charge in [0.05, 0.1) is 23.7 Å². The first kappa shape index (κ1) is 23.5. The minimum Gasteiger partial charge on any atom is -0.507 e. The molecule has 1 saturated heterocycles. The highest BCUT2D eigenvalue weighted by Gasteiger charge is 2.48. The number of hydrogen-bond acceptors (Lipinski definition) is 5. The molecule has 1 unspecified atom stereocenters. The minimum absolute atomic E-state index is 0.0448. The van der Waals surface area contributed by atoms with Crippen molar-refractivity contribution >= 4 is 51.3 Å². The Morgan fingerprint density at radius 2 is 1.78 bits per heavy atom. The Balaban J connectivity index is 1.76. The van der Waals surface area contributed by atoms with Crippen LogP contribution in [0, 0.1) is 0 Å². The number of amides is 1. The van der Waals surface area contributed by atoms with E-state index in [0.29, 0.717) is 17.0 Å². The molecule has 0 saturated carbocycles. The quantitative estimate of drug-likeness (QED) is 0.213. The molecule has 3 aromatic carbocycles. The smallest absolute Gasteiger partial charge is 0.300 e. The molecule has 1 fully saturated rings. The fourth-order valence-electron chi connectivity index (χ4n) is 4.58. The van der Waals surface area contributed by atoms with Crippen LogP contribution >= 0.6 is 11.6 Å². The molecule has 8 heteroatoms. The van der Waals surface area contributed by atoms with Crippen molar-refractivity contribution in [2.24, 2.45) is 0 Å². The van der Waals surface area contributed by atoms with Crippen molar-refractivity contribution in [2.75, 3.05) is 31.0 Å². The Kier molecular flexibility index (Phi) is 5.94. The van der Waals surface area contributed by atoms with Gasteiger partial charge in [0.1, 0.15) is 11.5 Å². The number of rotatable bonds is 5. The number of carbonyl (C=O) groups is 2. The number of Topliss-reactive ketones (excluding diaryl/α,β-unsaturated/α-hetero) is 1. The van der Waals surface area contributed by atoms with Crippen molar-refractivity contribution in [3.8, 4) is 5.75 Å². The summed E-state index contributed by atoms with van der Waals surface area (Å²) < 4.78 is 5.28. The van der Waals surface area contributed by atoms with Crippen molar-refractivity contribution in [3.63, 3.8) is 0 Å². The minimum atomic E-state index is -0.881. The Bertz CT molecular complexity index is 1520. The molecule has 5 rings (SSSR count). The maximum Gasteiger partial charge on any atom is 0.300 e. The summed E-state index contributed by atoms with van der Waals surface area (Å²) in [5.74, 6) is -1.43. The number of anilines is 2. The summed E-state index contributed by atoms with van der Waals surface area (Å²) in [4.78, 5) is 33.5. The van der Waals surface area contributed by atoms with Gasteiger partial charge < -0.3 is 19.7 Å². The van der Waals surface area contributed by atoms with Gasteiger partial charge in [0.2, 0.25) is 0 Å². The zero-order valence-corrected chi connectivity index (χ0v) is 20.7. The first-order valence-electron chi connectivity index (χ1n) is 11.3. The van der Waals surface area contributed by atoms with Gasteiger partial charge in [0.15, 0.2) is 0 Å². The summed E-state index contributed by atoms with van der Waals surface area (Å²) >= 11 is 6.41. The zero-order chi connectivity index (χ0) is 25.6. The highest BCUT2D eigenvalue weighted by molar-refractivity contribution is 6.52. The molecule has 0 aliphatic carbocycles. The Morgan fingerprint density at radius 1 is 1.06 bits per heavy atom. The van der Waals surface area contributed by atoms with Crippen molar-refractivity contribution in [3.05, 3.63) is 94.6 Å². The summed E-state index contributed by atoms with van der Waals surface area (Å²) in [5, 5.41) is 12.5. The first-order valence-corrected chi connectivity index (χ1v) is 11.7. The third-order valence-electron chi connectivity index (χ3n) is 6.43. The van der Waals surface area contributed by atoms with Crippen LogP contribution in [0.5, 0.6) is 5.75 Å². The molecule has 1 aliphatic rings. The van der Waals surface area contributed by atoms with E-state index in [1.54, 1.807) is 36.5 Å². The number of aromatic nitrogens is 1. The molecular weight excluding hydrogens is 478 g/mol. The van der Waals surface area contributed by atoms with Gasteiger partial charge in [-0.1, -0.05) is 29.8 Å². The largest absolute Gasteiger partial charge is 0.507 e. The highest BCUT2D eigenvalue weighted by atomic mass is 35.5. The average molecular weight is 502 g/mol. The van der Waals surface area contributed by atoms with Crippen LogP contribution in [-0.2, 0) is 9.59 Å². The molecular formula is C28H24ClN3O4. The Hall–Kier alpha value is -4.23. The van der Waals surface area contributed by atoms with E-state index in [-0.39, 0.29) is 21.9 Å². The molecule has 1 aromatic heterocycles. The monoisotopic (exact) mass is 501 g/mol. The van der Waals surface area contributed by atoms with Crippen molar-refractivity contribution in [1.82, 2.24) is 4.98 Å². The molecule has 36 heavy (non-hydrogen) atoms. The lowest BCUT2D eigenvalue weighted by atomic mass is 9.94. The van der Waals surface area contributed by atoms with Gasteiger partial charge in [0, 0.05) is 53.7 Å². The number of aliphatic hydroxyl groups excluding tert-OH is 1. The number of para-hydroxylation sites is 1. The predicted octanol–water partition coefficient (Wildman–Crippen LogP) is 5.52. The number of methoxy groups -OCH3 is 1. The Labute approximate surface area is 213 Å². The summed E-state index contributed by atoms with van der Waals surface area (Å²) in [5.41, 5.74) is 3.18. The number of carbonyl (C=O) groups excluding carboxylic acids is 2. The van der Waals surface area contributed by atoms with Crippen LogP contribution in [0.3, 0.4) is 0 Å². The molecule has 1 atom stereocenters. The Morgan fingerprint density at radius 3 is 2.47 bits per heavy atom. The normalized spacial score (nSPS) is 17.1. The summed E-state index contributed by atoms with van der Waals surface area (Å²) in [6, 6.07) is 18.8. The van der Waals surface area contributed by atoms with E-state index in [1.165, 1.54) is 12.0 Å². The highest BCUT2D eigenvalue weighted by Crippen LogP contribution is 2.45. The number of ether oxygens (including phenoxy) is 1. The number of halogens is 1. The van der Waals surface area contributed by atoms with Gasteiger partial charge in [-0.25, -0.2) is 0 Å². The van der Waals surface area contributed by atoms with Gasteiger partial charge in [-0.05, 0) is 48.5 Å². The molecule has 2 N–H and O–H groups in total. The van der Waals surface area contributed by atoms with E-state index < -0.39 is 17.7 Å². The van der Waals surface area contributed by atoms with E-state index in [0.717, 1.165) is 16.6 Å². The first-order chi connectivity index (χ1) is 17.3. The summed E-state index contributed by atoms with van der Waals surface area (Å²) in [7, 11) is 5.34. The van der Waals surface area contributed by atoms with Crippen LogP contribution in [0.1, 0.15) is 17.2 Å². The second-order valence-corrected chi connectivity index (χ2v) is 9.12. The van der Waals surface area contributed by atoms with E-state index in [2.05, 4.69) is 4.98 Å². The molecule has 2 heterocycles. The van der Waals surface area contributed by atoms with Gasteiger partial charge in [-0.15, -0.1) is 0 Å². The van der Waals surface area contributed by atoms with Gasteiger partial charge in [-0.3, -0.25) is 14.5 Å². The fourth-order valence-corrected chi connectivity index (χ4v) is 4.79. The number of ketones is 1. The van der Waals surface area contributed by atoms with E-state index in [4.69, 9.17) is 16.3 Å². The predicted molar refractivity (Wildman–Crippen MR) is 142 cm³/mol. The lowest BCUT2D eigenvalue weighted by Gasteiger charge is -2.25. The maximum absolute atomic E-state index is 13.5. The molecule has 0 radical (unpaired) electrons. The van der Waals surface area contributed by atoms with Crippen LogP contribution in [0.2, 0.25) is 5.02 Å². The van der Waals surface area contributed by atoms with Gasteiger partial charge in [0.25, 0.3) is 11.7 Å². The molecule has 7 nitrogen and oxygen atoms in total. The summed E-state index contributed by atoms with van der Waals surface area (Å²) in [6.45, 7) is 0. The van der Waals surface area contributed by atoms with E-state index in [9.17, 15) is 14.7 Å². The second-order valence-electron chi connectivity index (χ2n) is 8.72. The van der Waals surface area contributed by atoms with Crippen molar-refractivity contribution < 1.29 is 19.4 Å². The van der Waals surface area contributed by atoms with Crippen LogP contribution in [0.25, 0.3) is 16.7 Å². The number of hydrogen-bond donors (Lipinski definition) is 2. The molecule has 1 aliphatic heterocycles. The summed E-state index contributed by atoms with van der Waals surface area (Å²) in [6.07, 6.45) is 1.77. The number of nitrogens with zero attached hydrogens (tertiary/aromatic N) is 2. The second kappa shape index (κ2) is 9.09. The number of nitrogens with one attached hydrogen (secondary N) is 1. The standard InChI is InChI=1S/C28H24ClN3O4/c1-31(2)16-8-10-17(11-9-16)32-25(21-15-30-23-7-5-4-6-19(21)23)24(27(34)28(32)35)26(33)20-14-18(36-3)12-13-22(20)29/h4-15,25,30,33H,1-3H3/b26-24+. The van der Waals surface area contributed by atoms with Gasteiger partial charge >= 0.3 is 0 Å². The molecule has 0 bridgehead atoms. The van der Waals surface area contributed by atoms with Crippen molar-refractivity contribution in [2.45, 2.75) is 6.04 Å². The van der Waals surface area contributed by atoms with Crippen LogP contribution in [0.4, 0.5) is 11.4 Å². The van der Waals surface area contributed by atoms with Crippen LogP contribution in [-0.4, -0.2) is 43.0 Å². The molecule has 182 valence electrons. The van der Waals surface area contributed by atoms with Gasteiger partial charge in [-0.2, -0.15) is 0 Å². The number of benzene rings is 3. The van der Waals surface area contributed by atoms with Crippen molar-refractivity contribution in [1.29, 1.82) is 0 Å². The fraction of sp³-hybridized carbons (Fsp3) is 0.143.